The van der Waals surface area contributed by atoms with Crippen LogP contribution < -0.4 is 10.6 Å². The van der Waals surface area contributed by atoms with Crippen molar-refractivity contribution in [2.45, 2.75) is 20.0 Å². The molecule has 1 atom stereocenters. The Morgan fingerprint density at radius 3 is 2.19 bits per heavy atom. The van der Waals surface area contributed by atoms with Crippen LogP contribution in [0.4, 0.5) is 11.4 Å². The summed E-state index contributed by atoms with van der Waals surface area (Å²) in [6.45, 7) is 2.80. The van der Waals surface area contributed by atoms with Gasteiger partial charge in [0.05, 0.1) is 0 Å². The maximum absolute atomic E-state index is 12.1. The summed E-state index contributed by atoms with van der Waals surface area (Å²) in [5, 5.41) is 15.1. The quantitative estimate of drug-likeness (QED) is 0.695. The molecule has 0 saturated carbocycles. The molecule has 26 heavy (non-hydrogen) atoms. The Morgan fingerprint density at radius 1 is 1.04 bits per heavy atom. The van der Waals surface area contributed by atoms with E-state index in [2.05, 4.69) is 10.6 Å². The molecule has 0 aromatic heterocycles. The third-order valence-electron chi connectivity index (χ3n) is 3.30. The normalized spacial score (nSPS) is 11.3. The predicted molar refractivity (Wildman–Crippen MR) is 97.4 cm³/mol. The van der Waals surface area contributed by atoms with Gasteiger partial charge in [0.15, 0.2) is 6.10 Å². The molecule has 0 fully saturated rings. The first kappa shape index (κ1) is 19.3. The minimum absolute atomic E-state index is 0.128. The van der Waals surface area contributed by atoms with Gasteiger partial charge < -0.3 is 20.5 Å². The number of nitrogens with one attached hydrogen (secondary N) is 2. The van der Waals surface area contributed by atoms with Gasteiger partial charge in [0, 0.05) is 23.3 Å². The molecule has 0 bridgehead atoms. The molecule has 1 unspecified atom stereocenters. The average molecular weight is 377 g/mol. The number of halogens is 1. The zero-order valence-corrected chi connectivity index (χ0v) is 14.8. The molecule has 2 aromatic rings. The Hall–Kier alpha value is -3.06. The minimum Gasteiger partial charge on any atom is -0.507 e. The van der Waals surface area contributed by atoms with Crippen molar-refractivity contribution in [3.05, 3.63) is 53.1 Å². The highest BCUT2D eigenvalue weighted by atomic mass is 35.5. The number of aromatic hydroxyl groups is 1. The lowest BCUT2D eigenvalue weighted by Crippen LogP contribution is -2.30. The Balaban J connectivity index is 1.97. The summed E-state index contributed by atoms with van der Waals surface area (Å²) in [5.41, 5.74) is 0.931. The van der Waals surface area contributed by atoms with Gasteiger partial charge in [-0.3, -0.25) is 9.59 Å². The van der Waals surface area contributed by atoms with Crippen LogP contribution in [0.1, 0.15) is 24.2 Å². The number of hydrogen-bond acceptors (Lipinski definition) is 5. The Kier molecular flexibility index (Phi) is 6.19. The topological polar surface area (TPSA) is 105 Å². The van der Waals surface area contributed by atoms with Crippen LogP contribution in [-0.2, 0) is 14.3 Å². The maximum Gasteiger partial charge on any atom is 0.342 e. The van der Waals surface area contributed by atoms with Gasteiger partial charge in [-0.15, -0.1) is 0 Å². The number of rotatable bonds is 5. The summed E-state index contributed by atoms with van der Waals surface area (Å²) in [6.07, 6.45) is -1.10. The second-order valence-corrected chi connectivity index (χ2v) is 5.89. The number of phenols is 1. The van der Waals surface area contributed by atoms with E-state index >= 15 is 0 Å². The van der Waals surface area contributed by atoms with Gasteiger partial charge in [0.25, 0.3) is 5.91 Å². The lowest BCUT2D eigenvalue weighted by molar-refractivity contribution is -0.123. The highest BCUT2D eigenvalue weighted by Crippen LogP contribution is 2.23. The molecule has 0 aliphatic heterocycles. The van der Waals surface area contributed by atoms with Crippen LogP contribution in [0, 0.1) is 0 Å². The molecule has 8 heteroatoms. The molecule has 2 rings (SSSR count). The lowest BCUT2D eigenvalue weighted by atomic mass is 10.2. The van der Waals surface area contributed by atoms with Gasteiger partial charge in [-0.05, 0) is 49.4 Å². The summed E-state index contributed by atoms with van der Waals surface area (Å²) in [4.78, 5) is 35.2. The standard InChI is InChI=1S/C18H17ClN2O5/c1-10(26-18(25)15-9-12(19)3-8-16(15)23)17(24)21-14-6-4-13(5-7-14)20-11(2)22/h3-10,23H,1-2H3,(H,20,22)(H,21,24). The predicted octanol–water partition coefficient (Wildman–Crippen LogP) is 3.19. The Labute approximate surface area is 154 Å². The van der Waals surface area contributed by atoms with Crippen LogP contribution in [-0.4, -0.2) is 29.0 Å². The summed E-state index contributed by atoms with van der Waals surface area (Å²) in [7, 11) is 0. The van der Waals surface area contributed by atoms with Crippen molar-refractivity contribution < 1.29 is 24.2 Å². The molecule has 0 aliphatic rings. The van der Waals surface area contributed by atoms with Crippen molar-refractivity contribution in [2.75, 3.05) is 10.6 Å². The number of phenolic OH excluding ortho intramolecular Hbond substituents is 1. The second-order valence-electron chi connectivity index (χ2n) is 5.46. The highest BCUT2D eigenvalue weighted by Gasteiger charge is 2.21. The number of carbonyl (C=O) groups excluding carboxylic acids is 3. The third-order valence-corrected chi connectivity index (χ3v) is 3.54. The van der Waals surface area contributed by atoms with E-state index in [1.165, 1.54) is 32.0 Å². The van der Waals surface area contributed by atoms with E-state index in [0.29, 0.717) is 11.4 Å². The molecule has 0 heterocycles. The molecule has 7 nitrogen and oxygen atoms in total. The number of hydrogen-bond donors (Lipinski definition) is 3. The summed E-state index contributed by atoms with van der Waals surface area (Å²) >= 11 is 5.79. The number of carbonyl (C=O) groups is 3. The first-order valence-electron chi connectivity index (χ1n) is 7.64. The number of benzene rings is 2. The zero-order chi connectivity index (χ0) is 19.3. The first-order valence-corrected chi connectivity index (χ1v) is 8.02. The molecule has 3 N–H and O–H groups in total. The zero-order valence-electron chi connectivity index (χ0n) is 14.1. The fourth-order valence-electron chi connectivity index (χ4n) is 2.03. The molecule has 0 saturated heterocycles. The Bertz CT molecular complexity index is 836. The molecule has 2 amide bonds. The molecule has 136 valence electrons. The van der Waals surface area contributed by atoms with Crippen LogP contribution in [0.25, 0.3) is 0 Å². The van der Waals surface area contributed by atoms with E-state index in [1.54, 1.807) is 24.3 Å². The second kappa shape index (κ2) is 8.35. The van der Waals surface area contributed by atoms with E-state index in [1.807, 2.05) is 0 Å². The number of amides is 2. The smallest absolute Gasteiger partial charge is 0.342 e. The van der Waals surface area contributed by atoms with E-state index < -0.39 is 18.0 Å². The van der Waals surface area contributed by atoms with E-state index in [9.17, 15) is 19.5 Å². The largest absolute Gasteiger partial charge is 0.507 e. The van der Waals surface area contributed by atoms with Crippen LogP contribution in [0.5, 0.6) is 5.75 Å². The Morgan fingerprint density at radius 2 is 1.62 bits per heavy atom. The van der Waals surface area contributed by atoms with Crippen molar-refractivity contribution in [1.82, 2.24) is 0 Å². The van der Waals surface area contributed by atoms with Gasteiger partial charge in [-0.2, -0.15) is 0 Å². The maximum atomic E-state index is 12.1. The number of esters is 1. The lowest BCUT2D eigenvalue weighted by Gasteiger charge is -2.14. The number of anilines is 2. The van der Waals surface area contributed by atoms with Gasteiger partial charge in [0.2, 0.25) is 5.91 Å². The van der Waals surface area contributed by atoms with Crippen molar-refractivity contribution in [2.24, 2.45) is 0 Å². The first-order chi connectivity index (χ1) is 12.3. The summed E-state index contributed by atoms with van der Waals surface area (Å²) < 4.78 is 5.06. The summed E-state index contributed by atoms with van der Waals surface area (Å²) in [5.74, 6) is -1.91. The fraction of sp³-hybridized carbons (Fsp3) is 0.167. The molecule has 0 spiro atoms. The van der Waals surface area contributed by atoms with E-state index in [0.717, 1.165) is 0 Å². The van der Waals surface area contributed by atoms with Gasteiger partial charge >= 0.3 is 5.97 Å². The van der Waals surface area contributed by atoms with Crippen molar-refractivity contribution in [3.63, 3.8) is 0 Å². The third kappa shape index (κ3) is 5.22. The molecule has 0 aliphatic carbocycles. The van der Waals surface area contributed by atoms with Gasteiger partial charge in [-0.1, -0.05) is 11.6 Å². The fourth-order valence-corrected chi connectivity index (χ4v) is 2.21. The SMILES string of the molecule is CC(=O)Nc1ccc(NC(=O)C(C)OC(=O)c2cc(Cl)ccc2O)cc1. The van der Waals surface area contributed by atoms with Crippen molar-refractivity contribution in [1.29, 1.82) is 0 Å². The van der Waals surface area contributed by atoms with Crippen molar-refractivity contribution in [3.8, 4) is 5.75 Å². The molecule has 0 radical (unpaired) electrons. The number of ether oxygens (including phenoxy) is 1. The van der Waals surface area contributed by atoms with Crippen LogP contribution in [0.15, 0.2) is 42.5 Å². The van der Waals surface area contributed by atoms with Crippen LogP contribution in [0.3, 0.4) is 0 Å². The van der Waals surface area contributed by atoms with E-state index in [-0.39, 0.29) is 22.2 Å². The molecule has 2 aromatic carbocycles. The monoisotopic (exact) mass is 376 g/mol. The van der Waals surface area contributed by atoms with Crippen molar-refractivity contribution >= 4 is 40.8 Å². The van der Waals surface area contributed by atoms with Gasteiger partial charge in [-0.25, -0.2) is 4.79 Å². The highest BCUT2D eigenvalue weighted by molar-refractivity contribution is 6.31. The van der Waals surface area contributed by atoms with Crippen LogP contribution in [0.2, 0.25) is 5.02 Å². The molecular weight excluding hydrogens is 360 g/mol. The summed E-state index contributed by atoms with van der Waals surface area (Å²) in [6, 6.07) is 10.4. The average Bonchev–Trinajstić information content (AvgIpc) is 2.58. The molecular formula is C18H17ClN2O5. The van der Waals surface area contributed by atoms with E-state index in [4.69, 9.17) is 16.3 Å². The van der Waals surface area contributed by atoms with Gasteiger partial charge in [0.1, 0.15) is 11.3 Å². The van der Waals surface area contributed by atoms with Crippen LogP contribution >= 0.6 is 11.6 Å². The minimum atomic E-state index is -1.10.